The van der Waals surface area contributed by atoms with Gasteiger partial charge in [-0.2, -0.15) is 0 Å². The van der Waals surface area contributed by atoms with Gasteiger partial charge >= 0.3 is 0 Å². The molecule has 5 heteroatoms. The van der Waals surface area contributed by atoms with Gasteiger partial charge in [-0.3, -0.25) is 4.79 Å². The van der Waals surface area contributed by atoms with E-state index in [1.807, 2.05) is 7.05 Å². The van der Waals surface area contributed by atoms with Crippen LogP contribution in [0.1, 0.15) is 20.3 Å². The number of nitrogens with zero attached hydrogens (tertiary/aromatic N) is 1. The molecule has 0 radical (unpaired) electrons. The fourth-order valence-corrected chi connectivity index (χ4v) is 1.66. The molecule has 2 atom stereocenters. The molecule has 4 nitrogen and oxygen atoms in total. The molecule has 0 spiro atoms. The van der Waals surface area contributed by atoms with Crippen molar-refractivity contribution in [2.75, 3.05) is 20.1 Å². The van der Waals surface area contributed by atoms with Crippen LogP contribution in [0.25, 0.3) is 0 Å². The van der Waals surface area contributed by atoms with E-state index in [4.69, 9.17) is 5.73 Å². The molecule has 0 aromatic carbocycles. The first kappa shape index (κ1) is 13.7. The predicted octanol–water partition coefficient (Wildman–Crippen LogP) is -0.0342. The molecule has 1 fully saturated rings. The van der Waals surface area contributed by atoms with Crippen molar-refractivity contribution in [1.82, 2.24) is 10.2 Å². The molecule has 0 aliphatic carbocycles. The van der Waals surface area contributed by atoms with E-state index in [1.54, 1.807) is 11.8 Å². The Hall–Kier alpha value is -0.320. The van der Waals surface area contributed by atoms with Crippen molar-refractivity contribution in [1.29, 1.82) is 0 Å². The molecule has 1 aliphatic rings. The highest BCUT2D eigenvalue weighted by atomic mass is 35.5. The van der Waals surface area contributed by atoms with E-state index in [0.29, 0.717) is 0 Å². The standard InChI is InChI=1S/C9H19N3O.ClH/c1-7(10)8(13)12(3)9(2)4-5-11-6-9;/h7,11H,4-6,10H2,1-3H3;1H/t7-,9?;/m0./s1. The third-order valence-corrected chi connectivity index (χ3v) is 2.88. The van der Waals surface area contributed by atoms with Crippen LogP contribution in [0.3, 0.4) is 0 Å². The van der Waals surface area contributed by atoms with E-state index in [9.17, 15) is 4.79 Å². The number of halogens is 1. The summed E-state index contributed by atoms with van der Waals surface area (Å²) in [5, 5.41) is 3.25. The van der Waals surface area contributed by atoms with Gasteiger partial charge in [0.2, 0.25) is 5.91 Å². The van der Waals surface area contributed by atoms with Crippen LogP contribution in [0.15, 0.2) is 0 Å². The molecule has 3 N–H and O–H groups in total. The average molecular weight is 222 g/mol. The number of amides is 1. The summed E-state index contributed by atoms with van der Waals surface area (Å²) in [5.41, 5.74) is 5.50. The van der Waals surface area contributed by atoms with Crippen LogP contribution in [0.5, 0.6) is 0 Å². The second kappa shape index (κ2) is 4.96. The zero-order valence-electron chi connectivity index (χ0n) is 9.04. The third kappa shape index (κ3) is 2.59. The Labute approximate surface area is 91.6 Å². The lowest BCUT2D eigenvalue weighted by molar-refractivity contribution is -0.135. The van der Waals surface area contributed by atoms with Crippen LogP contribution < -0.4 is 11.1 Å². The lowest BCUT2D eigenvalue weighted by atomic mass is 9.99. The van der Waals surface area contributed by atoms with Crippen molar-refractivity contribution in [3.63, 3.8) is 0 Å². The first-order valence-corrected chi connectivity index (χ1v) is 4.71. The van der Waals surface area contributed by atoms with Crippen LogP contribution in [0.2, 0.25) is 0 Å². The highest BCUT2D eigenvalue weighted by molar-refractivity contribution is 5.85. The maximum atomic E-state index is 11.6. The van der Waals surface area contributed by atoms with Crippen molar-refractivity contribution in [2.24, 2.45) is 5.73 Å². The van der Waals surface area contributed by atoms with Gasteiger partial charge in [0.1, 0.15) is 0 Å². The van der Waals surface area contributed by atoms with E-state index in [2.05, 4.69) is 12.2 Å². The minimum atomic E-state index is -0.401. The Morgan fingerprint density at radius 1 is 1.64 bits per heavy atom. The number of likely N-dealkylation sites (N-methyl/N-ethyl adjacent to an activating group) is 1. The summed E-state index contributed by atoms with van der Waals surface area (Å²) in [6.45, 7) is 5.66. The molecule has 0 saturated carbocycles. The summed E-state index contributed by atoms with van der Waals surface area (Å²) >= 11 is 0. The van der Waals surface area contributed by atoms with Crippen molar-refractivity contribution in [2.45, 2.75) is 31.8 Å². The molecule has 0 bridgehead atoms. The first-order chi connectivity index (χ1) is 5.97. The van der Waals surface area contributed by atoms with Crippen molar-refractivity contribution < 1.29 is 4.79 Å². The number of nitrogens with two attached hydrogens (primary N) is 1. The van der Waals surface area contributed by atoms with E-state index >= 15 is 0 Å². The zero-order valence-corrected chi connectivity index (χ0v) is 9.86. The highest BCUT2D eigenvalue weighted by Crippen LogP contribution is 2.21. The van der Waals surface area contributed by atoms with Gasteiger partial charge in [0.25, 0.3) is 0 Å². The molecular weight excluding hydrogens is 202 g/mol. The SMILES string of the molecule is C[C@H](N)C(=O)N(C)C1(C)CCNC1.Cl. The minimum absolute atomic E-state index is 0. The van der Waals surface area contributed by atoms with Gasteiger partial charge in [0, 0.05) is 13.6 Å². The Kier molecular flexibility index (Phi) is 4.84. The molecule has 14 heavy (non-hydrogen) atoms. The fourth-order valence-electron chi connectivity index (χ4n) is 1.66. The summed E-state index contributed by atoms with van der Waals surface area (Å²) in [6, 6.07) is -0.401. The minimum Gasteiger partial charge on any atom is -0.338 e. The molecule has 1 amide bonds. The number of carbonyl (C=O) groups excluding carboxylic acids is 1. The normalized spacial score (nSPS) is 28.0. The molecule has 1 rings (SSSR count). The predicted molar refractivity (Wildman–Crippen MR) is 59.6 cm³/mol. The molecule has 0 aromatic heterocycles. The lowest BCUT2D eigenvalue weighted by Crippen LogP contribution is -2.53. The van der Waals surface area contributed by atoms with Gasteiger partial charge in [-0.25, -0.2) is 0 Å². The summed E-state index contributed by atoms with van der Waals surface area (Å²) in [5.74, 6) is 0.0196. The van der Waals surface area contributed by atoms with Gasteiger partial charge < -0.3 is 16.0 Å². The number of hydrogen-bond donors (Lipinski definition) is 2. The lowest BCUT2D eigenvalue weighted by Gasteiger charge is -2.35. The molecule has 1 aliphatic heterocycles. The Bertz CT molecular complexity index is 202. The average Bonchev–Trinajstić information content (AvgIpc) is 2.50. The maximum absolute atomic E-state index is 11.6. The van der Waals surface area contributed by atoms with E-state index in [0.717, 1.165) is 19.5 Å². The number of hydrogen-bond acceptors (Lipinski definition) is 3. The third-order valence-electron chi connectivity index (χ3n) is 2.88. The number of carbonyl (C=O) groups is 1. The highest BCUT2D eigenvalue weighted by Gasteiger charge is 2.36. The van der Waals surface area contributed by atoms with Crippen LogP contribution >= 0.6 is 12.4 Å². The summed E-state index contributed by atoms with van der Waals surface area (Å²) in [7, 11) is 1.83. The maximum Gasteiger partial charge on any atom is 0.239 e. The molecule has 0 aromatic rings. The van der Waals surface area contributed by atoms with Crippen molar-refractivity contribution in [3.8, 4) is 0 Å². The van der Waals surface area contributed by atoms with Crippen LogP contribution in [-0.4, -0.2) is 42.5 Å². The topological polar surface area (TPSA) is 58.4 Å². The van der Waals surface area contributed by atoms with Gasteiger partial charge in [0.05, 0.1) is 11.6 Å². The van der Waals surface area contributed by atoms with Gasteiger partial charge in [0.15, 0.2) is 0 Å². The second-order valence-corrected chi connectivity index (χ2v) is 4.11. The summed E-state index contributed by atoms with van der Waals surface area (Å²) in [6.07, 6.45) is 1.00. The van der Waals surface area contributed by atoms with Crippen molar-refractivity contribution >= 4 is 18.3 Å². The van der Waals surface area contributed by atoms with E-state index in [-0.39, 0.29) is 23.9 Å². The van der Waals surface area contributed by atoms with Crippen LogP contribution in [-0.2, 0) is 4.79 Å². The van der Waals surface area contributed by atoms with E-state index in [1.165, 1.54) is 0 Å². The Morgan fingerprint density at radius 3 is 2.57 bits per heavy atom. The first-order valence-electron chi connectivity index (χ1n) is 4.71. The molecule has 84 valence electrons. The largest absolute Gasteiger partial charge is 0.338 e. The molecule has 1 saturated heterocycles. The van der Waals surface area contributed by atoms with Crippen LogP contribution in [0.4, 0.5) is 0 Å². The Morgan fingerprint density at radius 2 is 2.21 bits per heavy atom. The number of nitrogens with one attached hydrogen (secondary N) is 1. The molecular formula is C9H20ClN3O. The summed E-state index contributed by atoms with van der Waals surface area (Å²) in [4.78, 5) is 13.4. The monoisotopic (exact) mass is 221 g/mol. The Balaban J connectivity index is 0.00000169. The van der Waals surface area contributed by atoms with Gasteiger partial charge in [-0.1, -0.05) is 0 Å². The molecule has 1 heterocycles. The van der Waals surface area contributed by atoms with Gasteiger partial charge in [-0.05, 0) is 26.8 Å². The molecule has 1 unspecified atom stereocenters. The van der Waals surface area contributed by atoms with Crippen molar-refractivity contribution in [3.05, 3.63) is 0 Å². The van der Waals surface area contributed by atoms with E-state index < -0.39 is 6.04 Å². The fraction of sp³-hybridized carbons (Fsp3) is 0.889. The van der Waals surface area contributed by atoms with Gasteiger partial charge in [-0.15, -0.1) is 12.4 Å². The quantitative estimate of drug-likeness (QED) is 0.689. The van der Waals surface area contributed by atoms with Crippen LogP contribution in [0, 0.1) is 0 Å². The number of rotatable bonds is 2. The second-order valence-electron chi connectivity index (χ2n) is 4.11. The smallest absolute Gasteiger partial charge is 0.239 e. The zero-order chi connectivity index (χ0) is 10.1. The summed E-state index contributed by atoms with van der Waals surface area (Å²) < 4.78 is 0.